The highest BCUT2D eigenvalue weighted by molar-refractivity contribution is 5.91. The minimum atomic E-state index is 0.0593. The van der Waals surface area contributed by atoms with Crippen LogP contribution < -0.4 is 10.1 Å². The summed E-state index contributed by atoms with van der Waals surface area (Å²) in [5, 5.41) is 3.31. The first-order chi connectivity index (χ1) is 13.3. The van der Waals surface area contributed by atoms with Crippen molar-refractivity contribution in [2.24, 2.45) is 0 Å². The van der Waals surface area contributed by atoms with Crippen molar-refractivity contribution in [1.82, 2.24) is 9.88 Å². The molecule has 140 valence electrons. The second-order valence-corrected chi connectivity index (χ2v) is 7.10. The Morgan fingerprint density at radius 1 is 1.22 bits per heavy atom. The van der Waals surface area contributed by atoms with E-state index in [4.69, 9.17) is 4.74 Å². The third-order valence-corrected chi connectivity index (χ3v) is 5.12. The minimum absolute atomic E-state index is 0.0593. The lowest BCUT2D eigenvalue weighted by molar-refractivity contribution is -0.127. The number of piperidine rings is 1. The summed E-state index contributed by atoms with van der Waals surface area (Å²) < 4.78 is 6.00. The van der Waals surface area contributed by atoms with Crippen LogP contribution in [-0.4, -0.2) is 41.5 Å². The Morgan fingerprint density at radius 3 is 2.85 bits per heavy atom. The normalized spacial score (nSPS) is 17.4. The topological polar surface area (TPSA) is 54.5 Å². The van der Waals surface area contributed by atoms with E-state index in [0.29, 0.717) is 0 Å². The first-order valence-electron chi connectivity index (χ1n) is 9.69. The molecule has 0 aliphatic carbocycles. The number of para-hydroxylation sites is 1. The van der Waals surface area contributed by atoms with E-state index in [1.54, 1.807) is 6.08 Å². The number of fused-ring (bicyclic) bond motifs is 1. The fraction of sp³-hybridized carbons (Fsp3) is 0.364. The lowest BCUT2D eigenvalue weighted by Gasteiger charge is -2.31. The van der Waals surface area contributed by atoms with Gasteiger partial charge in [0.1, 0.15) is 17.7 Å². The van der Waals surface area contributed by atoms with Gasteiger partial charge < -0.3 is 15.0 Å². The molecular formula is C22H25N3O2. The standard InChI is InChI=1S/C22H25N3O2/c26-21(9-8-17-15-18-5-4-12-23-22(18)24-16-17)25-13-10-20(11-14-25)27-19-6-2-1-3-7-19/h1-3,6-9,15-16,20H,4-5,10-14H2,(H,23,24)/b9-8+. The molecule has 2 aliphatic rings. The van der Waals surface area contributed by atoms with Crippen molar-refractivity contribution in [3.05, 3.63) is 59.8 Å². The van der Waals surface area contributed by atoms with Crippen molar-refractivity contribution in [3.8, 4) is 5.75 Å². The summed E-state index contributed by atoms with van der Waals surface area (Å²) in [6, 6.07) is 12.0. The molecule has 3 heterocycles. The van der Waals surface area contributed by atoms with Gasteiger partial charge in [-0.2, -0.15) is 0 Å². The van der Waals surface area contributed by atoms with Crippen LogP contribution in [-0.2, 0) is 11.2 Å². The van der Waals surface area contributed by atoms with Crippen LogP contribution >= 0.6 is 0 Å². The van der Waals surface area contributed by atoms with E-state index in [0.717, 1.165) is 62.4 Å². The van der Waals surface area contributed by atoms with E-state index in [9.17, 15) is 4.79 Å². The van der Waals surface area contributed by atoms with Crippen molar-refractivity contribution in [3.63, 3.8) is 0 Å². The summed E-state index contributed by atoms with van der Waals surface area (Å²) in [7, 11) is 0. The number of carbonyl (C=O) groups excluding carboxylic acids is 1. The molecule has 1 saturated heterocycles. The van der Waals surface area contributed by atoms with Gasteiger partial charge in [0, 0.05) is 44.7 Å². The van der Waals surface area contributed by atoms with Crippen LogP contribution in [0.4, 0.5) is 5.82 Å². The highest BCUT2D eigenvalue weighted by Crippen LogP contribution is 2.21. The number of aromatic nitrogens is 1. The summed E-state index contributed by atoms with van der Waals surface area (Å²) in [6.45, 7) is 2.44. The van der Waals surface area contributed by atoms with E-state index in [1.165, 1.54) is 5.56 Å². The Labute approximate surface area is 160 Å². The van der Waals surface area contributed by atoms with Crippen LogP contribution in [0, 0.1) is 0 Å². The van der Waals surface area contributed by atoms with Crippen molar-refractivity contribution in [2.45, 2.75) is 31.8 Å². The average Bonchev–Trinajstić information content (AvgIpc) is 2.73. The first kappa shape index (κ1) is 17.6. The maximum atomic E-state index is 12.5. The fourth-order valence-electron chi connectivity index (χ4n) is 3.61. The number of hydrogen-bond acceptors (Lipinski definition) is 4. The molecule has 2 aliphatic heterocycles. The Kier molecular flexibility index (Phi) is 5.37. The van der Waals surface area contributed by atoms with Crippen molar-refractivity contribution in [1.29, 1.82) is 0 Å². The monoisotopic (exact) mass is 363 g/mol. The molecule has 1 fully saturated rings. The van der Waals surface area contributed by atoms with Gasteiger partial charge in [0.25, 0.3) is 0 Å². The predicted octanol–water partition coefficient (Wildman–Crippen LogP) is 3.52. The molecule has 0 radical (unpaired) electrons. The van der Waals surface area contributed by atoms with E-state index in [2.05, 4.69) is 16.4 Å². The molecule has 5 heteroatoms. The molecule has 27 heavy (non-hydrogen) atoms. The number of ether oxygens (including phenoxy) is 1. The van der Waals surface area contributed by atoms with E-state index < -0.39 is 0 Å². The molecule has 2 aromatic rings. The van der Waals surface area contributed by atoms with Crippen LogP contribution in [0.25, 0.3) is 6.08 Å². The van der Waals surface area contributed by atoms with E-state index in [-0.39, 0.29) is 12.0 Å². The third-order valence-electron chi connectivity index (χ3n) is 5.12. The molecule has 4 rings (SSSR count). The average molecular weight is 363 g/mol. The van der Waals surface area contributed by atoms with Gasteiger partial charge in [-0.3, -0.25) is 4.79 Å². The van der Waals surface area contributed by atoms with Crippen LogP contribution in [0.5, 0.6) is 5.75 Å². The Morgan fingerprint density at radius 2 is 2.04 bits per heavy atom. The van der Waals surface area contributed by atoms with Gasteiger partial charge in [0.15, 0.2) is 0 Å². The highest BCUT2D eigenvalue weighted by atomic mass is 16.5. The van der Waals surface area contributed by atoms with Crippen molar-refractivity contribution in [2.75, 3.05) is 25.0 Å². The number of hydrogen-bond donors (Lipinski definition) is 1. The zero-order valence-corrected chi connectivity index (χ0v) is 15.4. The highest BCUT2D eigenvalue weighted by Gasteiger charge is 2.22. The molecule has 0 saturated carbocycles. The van der Waals surface area contributed by atoms with E-state index >= 15 is 0 Å². The van der Waals surface area contributed by atoms with Gasteiger partial charge in [0.2, 0.25) is 5.91 Å². The summed E-state index contributed by atoms with van der Waals surface area (Å²) in [5.41, 5.74) is 2.21. The number of pyridine rings is 1. The number of rotatable bonds is 4. The number of nitrogens with one attached hydrogen (secondary N) is 1. The molecule has 0 spiro atoms. The SMILES string of the molecule is O=C(/C=C/c1cnc2c(c1)CCCN2)N1CCC(Oc2ccccc2)CC1. The quantitative estimate of drug-likeness (QED) is 0.845. The summed E-state index contributed by atoms with van der Waals surface area (Å²) in [5.74, 6) is 1.94. The summed E-state index contributed by atoms with van der Waals surface area (Å²) >= 11 is 0. The molecule has 5 nitrogen and oxygen atoms in total. The number of carbonyl (C=O) groups is 1. The number of amides is 1. The van der Waals surface area contributed by atoms with Crippen LogP contribution in [0.15, 0.2) is 48.7 Å². The van der Waals surface area contributed by atoms with Gasteiger partial charge >= 0.3 is 0 Å². The van der Waals surface area contributed by atoms with Crippen LogP contribution in [0.2, 0.25) is 0 Å². The Hall–Kier alpha value is -2.82. The second kappa shape index (κ2) is 8.25. The maximum absolute atomic E-state index is 12.5. The van der Waals surface area contributed by atoms with Crippen molar-refractivity contribution >= 4 is 17.8 Å². The zero-order valence-electron chi connectivity index (χ0n) is 15.4. The van der Waals surface area contributed by atoms with Crippen molar-refractivity contribution < 1.29 is 9.53 Å². The lowest BCUT2D eigenvalue weighted by Crippen LogP contribution is -2.41. The summed E-state index contributed by atoms with van der Waals surface area (Å²) in [6.07, 6.45) is 9.43. The number of nitrogens with zero attached hydrogens (tertiary/aromatic N) is 2. The Balaban J connectivity index is 1.30. The zero-order chi connectivity index (χ0) is 18.5. The molecule has 0 unspecified atom stereocenters. The minimum Gasteiger partial charge on any atom is -0.490 e. The molecule has 0 atom stereocenters. The molecule has 1 N–H and O–H groups in total. The predicted molar refractivity (Wildman–Crippen MR) is 107 cm³/mol. The number of likely N-dealkylation sites (tertiary alicyclic amines) is 1. The molecule has 1 aromatic carbocycles. The molecule has 1 amide bonds. The lowest BCUT2D eigenvalue weighted by atomic mass is 10.0. The number of aryl methyl sites for hydroxylation is 1. The third kappa shape index (κ3) is 4.48. The number of anilines is 1. The second-order valence-electron chi connectivity index (χ2n) is 7.10. The summed E-state index contributed by atoms with van der Waals surface area (Å²) in [4.78, 5) is 18.8. The molecular weight excluding hydrogens is 338 g/mol. The molecule has 0 bridgehead atoms. The maximum Gasteiger partial charge on any atom is 0.246 e. The van der Waals surface area contributed by atoms with Crippen LogP contribution in [0.3, 0.4) is 0 Å². The van der Waals surface area contributed by atoms with Gasteiger partial charge in [-0.25, -0.2) is 4.98 Å². The number of benzene rings is 1. The van der Waals surface area contributed by atoms with Gasteiger partial charge in [-0.05, 0) is 48.2 Å². The smallest absolute Gasteiger partial charge is 0.246 e. The van der Waals surface area contributed by atoms with Gasteiger partial charge in [-0.15, -0.1) is 0 Å². The van der Waals surface area contributed by atoms with E-state index in [1.807, 2.05) is 47.5 Å². The van der Waals surface area contributed by atoms with Gasteiger partial charge in [-0.1, -0.05) is 18.2 Å². The Bertz CT molecular complexity index is 812. The molecule has 1 aromatic heterocycles. The first-order valence-corrected chi connectivity index (χ1v) is 9.69. The van der Waals surface area contributed by atoms with Crippen LogP contribution in [0.1, 0.15) is 30.4 Å². The fourth-order valence-corrected chi connectivity index (χ4v) is 3.61. The largest absolute Gasteiger partial charge is 0.490 e. The van der Waals surface area contributed by atoms with Gasteiger partial charge in [0.05, 0.1) is 0 Å².